The lowest BCUT2D eigenvalue weighted by Gasteiger charge is -2.09. The van der Waals surface area contributed by atoms with Gasteiger partial charge in [0.25, 0.3) is 5.69 Å². The molecule has 0 saturated heterocycles. The van der Waals surface area contributed by atoms with Gasteiger partial charge in [0, 0.05) is 16.1 Å². The fourth-order valence-corrected chi connectivity index (χ4v) is 2.70. The van der Waals surface area contributed by atoms with Gasteiger partial charge in [0.1, 0.15) is 9.51 Å². The summed E-state index contributed by atoms with van der Waals surface area (Å²) < 4.78 is 0.923. The van der Waals surface area contributed by atoms with Crippen LogP contribution in [0.3, 0.4) is 0 Å². The minimum absolute atomic E-state index is 0.0222. The topological polar surface area (TPSA) is 43.1 Å². The van der Waals surface area contributed by atoms with Gasteiger partial charge in [0.2, 0.25) is 0 Å². The van der Waals surface area contributed by atoms with Gasteiger partial charge in [-0.15, -0.1) is 0 Å². The SMILES string of the molecule is O=[N+]([O-])c1cc(C(=C(Cl)Cl)c2ccc(Br)cc2)ccc1Cl. The molecular formula is C14H7BrCl3NO2. The number of nitro groups is 1. The van der Waals surface area contributed by atoms with Crippen LogP contribution >= 0.6 is 50.7 Å². The summed E-state index contributed by atoms with van der Waals surface area (Å²) in [6.07, 6.45) is 0. The number of hydrogen-bond acceptors (Lipinski definition) is 2. The molecule has 0 radical (unpaired) electrons. The molecule has 0 unspecified atom stereocenters. The number of nitrogens with zero attached hydrogens (tertiary/aromatic N) is 1. The Balaban J connectivity index is 2.60. The van der Waals surface area contributed by atoms with Crippen molar-refractivity contribution in [1.29, 1.82) is 0 Å². The second-order valence-corrected chi connectivity index (χ2v) is 6.34. The lowest BCUT2D eigenvalue weighted by molar-refractivity contribution is -0.384. The van der Waals surface area contributed by atoms with Crippen molar-refractivity contribution in [3.05, 3.63) is 77.7 Å². The summed E-state index contributed by atoms with van der Waals surface area (Å²) >= 11 is 21.1. The Kier molecular flexibility index (Phi) is 5.27. The highest BCUT2D eigenvalue weighted by atomic mass is 79.9. The van der Waals surface area contributed by atoms with Gasteiger partial charge >= 0.3 is 0 Å². The van der Waals surface area contributed by atoms with Crippen LogP contribution in [0.25, 0.3) is 5.57 Å². The van der Waals surface area contributed by atoms with E-state index >= 15 is 0 Å². The summed E-state index contributed by atoms with van der Waals surface area (Å²) in [5, 5.41) is 11.0. The highest BCUT2D eigenvalue weighted by Gasteiger charge is 2.17. The molecule has 0 aliphatic rings. The van der Waals surface area contributed by atoms with Crippen LogP contribution in [0, 0.1) is 10.1 Å². The van der Waals surface area contributed by atoms with E-state index in [1.165, 1.54) is 12.1 Å². The van der Waals surface area contributed by atoms with E-state index in [0.717, 1.165) is 10.0 Å². The van der Waals surface area contributed by atoms with Crippen LogP contribution in [0.1, 0.15) is 11.1 Å². The summed E-state index contributed by atoms with van der Waals surface area (Å²) in [6, 6.07) is 11.7. The van der Waals surface area contributed by atoms with Crippen LogP contribution in [0.15, 0.2) is 51.4 Å². The van der Waals surface area contributed by atoms with Gasteiger partial charge in [0.15, 0.2) is 0 Å². The molecule has 0 aromatic heterocycles. The van der Waals surface area contributed by atoms with E-state index < -0.39 is 4.92 Å². The second kappa shape index (κ2) is 6.79. The lowest BCUT2D eigenvalue weighted by atomic mass is 9.99. The molecule has 0 aliphatic heterocycles. The third-order valence-corrected chi connectivity index (χ3v) is 3.98. The molecule has 2 aromatic carbocycles. The van der Waals surface area contributed by atoms with Crippen LogP contribution in [0.5, 0.6) is 0 Å². The third kappa shape index (κ3) is 3.77. The monoisotopic (exact) mass is 405 g/mol. The van der Waals surface area contributed by atoms with Gasteiger partial charge in [-0.25, -0.2) is 0 Å². The van der Waals surface area contributed by atoms with Crippen LogP contribution in [-0.2, 0) is 0 Å². The third-order valence-electron chi connectivity index (χ3n) is 2.75. The van der Waals surface area contributed by atoms with Crippen molar-refractivity contribution in [2.45, 2.75) is 0 Å². The highest BCUT2D eigenvalue weighted by Crippen LogP contribution is 2.35. The standard InChI is InChI=1S/C14H7BrCl3NO2/c15-10-4-1-8(2-5-10)13(14(17)18)9-3-6-11(16)12(7-9)19(20)21/h1-7H. The quantitative estimate of drug-likeness (QED) is 0.449. The normalized spacial score (nSPS) is 10.3. The molecular weight excluding hydrogens is 400 g/mol. The Bertz CT molecular complexity index is 725. The molecule has 0 bridgehead atoms. The van der Waals surface area contributed by atoms with Crippen molar-refractivity contribution in [3.63, 3.8) is 0 Å². The second-order valence-electron chi connectivity index (χ2n) is 4.07. The van der Waals surface area contributed by atoms with Gasteiger partial charge in [-0.05, 0) is 29.3 Å². The number of rotatable bonds is 3. The lowest BCUT2D eigenvalue weighted by Crippen LogP contribution is -1.94. The molecule has 0 amide bonds. The number of halogens is 4. The Morgan fingerprint density at radius 3 is 2.14 bits per heavy atom. The van der Waals surface area contributed by atoms with E-state index in [1.54, 1.807) is 6.07 Å². The molecule has 7 heteroatoms. The summed E-state index contributed by atoms with van der Waals surface area (Å²) in [6.45, 7) is 0. The van der Waals surface area contributed by atoms with Gasteiger partial charge in [0.05, 0.1) is 4.92 Å². The molecule has 0 aliphatic carbocycles. The molecule has 0 N–H and O–H groups in total. The van der Waals surface area contributed by atoms with Crippen molar-refractivity contribution >= 4 is 62.0 Å². The predicted molar refractivity (Wildman–Crippen MR) is 90.0 cm³/mol. The number of nitro benzene ring substituents is 1. The minimum Gasteiger partial charge on any atom is -0.258 e. The summed E-state index contributed by atoms with van der Waals surface area (Å²) in [7, 11) is 0. The molecule has 2 aromatic rings. The zero-order valence-corrected chi connectivity index (χ0v) is 14.2. The van der Waals surface area contributed by atoms with Gasteiger partial charge < -0.3 is 0 Å². The molecule has 0 saturated carbocycles. The van der Waals surface area contributed by atoms with E-state index in [0.29, 0.717) is 11.1 Å². The zero-order chi connectivity index (χ0) is 15.6. The maximum Gasteiger partial charge on any atom is 0.288 e. The van der Waals surface area contributed by atoms with E-state index in [-0.39, 0.29) is 15.2 Å². The van der Waals surface area contributed by atoms with Gasteiger partial charge in [-0.1, -0.05) is 68.9 Å². The van der Waals surface area contributed by atoms with E-state index in [4.69, 9.17) is 34.8 Å². The molecule has 0 heterocycles. The van der Waals surface area contributed by atoms with E-state index in [9.17, 15) is 10.1 Å². The van der Waals surface area contributed by atoms with Crippen molar-refractivity contribution < 1.29 is 4.92 Å². The van der Waals surface area contributed by atoms with Gasteiger partial charge in [-0.2, -0.15) is 0 Å². The molecule has 21 heavy (non-hydrogen) atoms. The first-order chi connectivity index (χ1) is 9.90. The maximum absolute atomic E-state index is 11.0. The first kappa shape index (κ1) is 16.3. The largest absolute Gasteiger partial charge is 0.288 e. The average Bonchev–Trinajstić information content (AvgIpc) is 2.42. The van der Waals surface area contributed by atoms with Crippen LogP contribution in [-0.4, -0.2) is 4.92 Å². The van der Waals surface area contributed by atoms with E-state index in [1.807, 2.05) is 24.3 Å². The molecule has 0 spiro atoms. The van der Waals surface area contributed by atoms with Crippen molar-refractivity contribution in [2.75, 3.05) is 0 Å². The Hall–Kier alpha value is -1.07. The molecule has 3 nitrogen and oxygen atoms in total. The fraction of sp³-hybridized carbons (Fsp3) is 0. The van der Waals surface area contributed by atoms with Crippen molar-refractivity contribution in [2.24, 2.45) is 0 Å². The molecule has 0 atom stereocenters. The summed E-state index contributed by atoms with van der Waals surface area (Å²) in [4.78, 5) is 10.4. The van der Waals surface area contributed by atoms with Crippen molar-refractivity contribution in [3.8, 4) is 0 Å². The Morgan fingerprint density at radius 2 is 1.62 bits per heavy atom. The first-order valence-electron chi connectivity index (χ1n) is 5.65. The molecule has 2 rings (SSSR count). The number of benzene rings is 2. The molecule has 108 valence electrons. The van der Waals surface area contributed by atoms with Crippen LogP contribution in [0.2, 0.25) is 5.02 Å². The fourth-order valence-electron chi connectivity index (χ4n) is 1.81. The Morgan fingerprint density at radius 1 is 1.05 bits per heavy atom. The smallest absolute Gasteiger partial charge is 0.258 e. The average molecular weight is 407 g/mol. The summed E-state index contributed by atoms with van der Waals surface area (Å²) in [5.74, 6) is 0. The summed E-state index contributed by atoms with van der Waals surface area (Å²) in [5.41, 5.74) is 1.58. The minimum atomic E-state index is -0.548. The van der Waals surface area contributed by atoms with Crippen LogP contribution in [0.4, 0.5) is 5.69 Å². The predicted octanol–water partition coefficient (Wildman–Crippen LogP) is 6.21. The number of hydrogen-bond donors (Lipinski definition) is 0. The zero-order valence-electron chi connectivity index (χ0n) is 10.3. The molecule has 0 fully saturated rings. The highest BCUT2D eigenvalue weighted by molar-refractivity contribution is 9.10. The first-order valence-corrected chi connectivity index (χ1v) is 7.58. The van der Waals surface area contributed by atoms with Crippen LogP contribution < -0.4 is 0 Å². The van der Waals surface area contributed by atoms with E-state index in [2.05, 4.69) is 15.9 Å². The maximum atomic E-state index is 11.0. The van der Waals surface area contributed by atoms with Gasteiger partial charge in [-0.3, -0.25) is 10.1 Å². The Labute approximate surface area is 144 Å². The van der Waals surface area contributed by atoms with Crippen molar-refractivity contribution in [1.82, 2.24) is 0 Å².